The Balaban J connectivity index is 2.24. The minimum absolute atomic E-state index is 0.103. The summed E-state index contributed by atoms with van der Waals surface area (Å²) in [6.45, 7) is -0.103. The number of methoxy groups -OCH3 is 1. The highest BCUT2D eigenvalue weighted by molar-refractivity contribution is 6.17. The van der Waals surface area contributed by atoms with Crippen LogP contribution in [0.15, 0.2) is 36.4 Å². The van der Waals surface area contributed by atoms with E-state index >= 15 is 0 Å². The normalized spacial score (nSPS) is 10.4. The highest BCUT2D eigenvalue weighted by Gasteiger charge is 2.12. The molecule has 2 aromatic carbocycles. The molecule has 20 heavy (non-hydrogen) atoms. The zero-order chi connectivity index (χ0) is 14.5. The Bertz CT molecular complexity index is 580. The molecule has 0 amide bonds. The Morgan fingerprint density at radius 1 is 1.10 bits per heavy atom. The van der Waals surface area contributed by atoms with Crippen LogP contribution in [0.1, 0.15) is 11.1 Å². The fourth-order valence-electron chi connectivity index (χ4n) is 1.79. The van der Waals surface area contributed by atoms with Gasteiger partial charge in [-0.15, -0.1) is 11.6 Å². The predicted molar refractivity (Wildman–Crippen MR) is 73.2 cm³/mol. The van der Waals surface area contributed by atoms with E-state index in [4.69, 9.17) is 21.1 Å². The van der Waals surface area contributed by atoms with Crippen LogP contribution in [0.2, 0.25) is 0 Å². The summed E-state index contributed by atoms with van der Waals surface area (Å²) in [6, 6.07) is 8.52. The van der Waals surface area contributed by atoms with Crippen molar-refractivity contribution in [3.8, 4) is 11.5 Å². The SMILES string of the molecule is COc1cccc(CCl)c1OCc1cc(F)ccc1F. The van der Waals surface area contributed by atoms with E-state index in [0.29, 0.717) is 11.5 Å². The lowest BCUT2D eigenvalue weighted by Gasteiger charge is -2.14. The summed E-state index contributed by atoms with van der Waals surface area (Å²) in [6.07, 6.45) is 0. The van der Waals surface area contributed by atoms with Crippen molar-refractivity contribution in [3.05, 3.63) is 59.2 Å². The van der Waals surface area contributed by atoms with Crippen LogP contribution in [-0.2, 0) is 12.5 Å². The van der Waals surface area contributed by atoms with Gasteiger partial charge in [-0.05, 0) is 24.3 Å². The van der Waals surface area contributed by atoms with E-state index in [1.807, 2.05) is 0 Å². The van der Waals surface area contributed by atoms with Crippen molar-refractivity contribution < 1.29 is 18.3 Å². The van der Waals surface area contributed by atoms with Gasteiger partial charge in [0, 0.05) is 11.1 Å². The third-order valence-corrected chi connectivity index (χ3v) is 3.09. The molecular formula is C15H13ClF2O2. The molecule has 0 aliphatic carbocycles. The average Bonchev–Trinajstić information content (AvgIpc) is 2.47. The second-order valence-corrected chi connectivity index (χ2v) is 4.37. The lowest BCUT2D eigenvalue weighted by atomic mass is 10.2. The van der Waals surface area contributed by atoms with Crippen LogP contribution in [0.3, 0.4) is 0 Å². The molecule has 0 aliphatic heterocycles. The maximum atomic E-state index is 13.5. The van der Waals surface area contributed by atoms with Crippen molar-refractivity contribution in [2.24, 2.45) is 0 Å². The number of benzene rings is 2. The van der Waals surface area contributed by atoms with Gasteiger partial charge >= 0.3 is 0 Å². The summed E-state index contributed by atoms with van der Waals surface area (Å²) in [4.78, 5) is 0. The van der Waals surface area contributed by atoms with Crippen LogP contribution in [0.4, 0.5) is 8.78 Å². The number of ether oxygens (including phenoxy) is 2. The van der Waals surface area contributed by atoms with Crippen LogP contribution in [-0.4, -0.2) is 7.11 Å². The molecule has 0 N–H and O–H groups in total. The van der Waals surface area contributed by atoms with Gasteiger partial charge in [0.05, 0.1) is 13.0 Å². The molecule has 0 spiro atoms. The predicted octanol–water partition coefficient (Wildman–Crippen LogP) is 4.29. The zero-order valence-corrected chi connectivity index (χ0v) is 11.6. The molecule has 0 fully saturated rings. The Morgan fingerprint density at radius 2 is 1.90 bits per heavy atom. The van der Waals surface area contributed by atoms with Crippen LogP contribution in [0, 0.1) is 11.6 Å². The van der Waals surface area contributed by atoms with Crippen molar-refractivity contribution in [2.45, 2.75) is 12.5 Å². The van der Waals surface area contributed by atoms with Gasteiger partial charge in [-0.2, -0.15) is 0 Å². The van der Waals surface area contributed by atoms with Gasteiger partial charge in [0.1, 0.15) is 18.2 Å². The molecule has 2 rings (SSSR count). The summed E-state index contributed by atoms with van der Waals surface area (Å²) in [5, 5.41) is 0. The summed E-state index contributed by atoms with van der Waals surface area (Å²) in [5.41, 5.74) is 0.860. The lowest BCUT2D eigenvalue weighted by Crippen LogP contribution is -2.02. The quantitative estimate of drug-likeness (QED) is 0.767. The van der Waals surface area contributed by atoms with Crippen LogP contribution in [0.25, 0.3) is 0 Å². The first-order valence-electron chi connectivity index (χ1n) is 5.94. The number of rotatable bonds is 5. The Morgan fingerprint density at radius 3 is 2.60 bits per heavy atom. The number of hydrogen-bond donors (Lipinski definition) is 0. The van der Waals surface area contributed by atoms with Crippen molar-refractivity contribution >= 4 is 11.6 Å². The first-order valence-corrected chi connectivity index (χ1v) is 6.47. The van der Waals surface area contributed by atoms with Crippen molar-refractivity contribution in [1.82, 2.24) is 0 Å². The lowest BCUT2D eigenvalue weighted by molar-refractivity contribution is 0.277. The Labute approximate surface area is 120 Å². The maximum absolute atomic E-state index is 13.5. The second kappa shape index (κ2) is 6.57. The van der Waals surface area contributed by atoms with E-state index in [1.54, 1.807) is 18.2 Å². The maximum Gasteiger partial charge on any atom is 0.166 e. The smallest absolute Gasteiger partial charge is 0.166 e. The molecule has 5 heteroatoms. The largest absolute Gasteiger partial charge is 0.493 e. The van der Waals surface area contributed by atoms with Crippen molar-refractivity contribution in [1.29, 1.82) is 0 Å². The number of alkyl halides is 1. The van der Waals surface area contributed by atoms with Crippen molar-refractivity contribution in [3.63, 3.8) is 0 Å². The van der Waals surface area contributed by atoms with Crippen molar-refractivity contribution in [2.75, 3.05) is 7.11 Å². The molecule has 106 valence electrons. The average molecular weight is 299 g/mol. The number of hydrogen-bond acceptors (Lipinski definition) is 2. The molecule has 0 aliphatic rings. The Hall–Kier alpha value is -1.81. The van der Waals surface area contributed by atoms with Gasteiger partial charge in [0.25, 0.3) is 0 Å². The van der Waals surface area contributed by atoms with Gasteiger partial charge in [-0.1, -0.05) is 12.1 Å². The van der Waals surface area contributed by atoms with E-state index in [2.05, 4.69) is 0 Å². The molecule has 0 aromatic heterocycles. The highest BCUT2D eigenvalue weighted by Crippen LogP contribution is 2.32. The summed E-state index contributed by atoms with van der Waals surface area (Å²) in [7, 11) is 1.50. The second-order valence-electron chi connectivity index (χ2n) is 4.11. The molecule has 2 aromatic rings. The molecular weight excluding hydrogens is 286 g/mol. The molecule has 0 radical (unpaired) electrons. The van der Waals surface area contributed by atoms with E-state index in [-0.39, 0.29) is 18.1 Å². The molecule has 0 saturated heterocycles. The van der Waals surface area contributed by atoms with Gasteiger partial charge in [-0.3, -0.25) is 0 Å². The monoisotopic (exact) mass is 298 g/mol. The molecule has 0 bridgehead atoms. The number of para-hydroxylation sites is 1. The fraction of sp³-hybridized carbons (Fsp3) is 0.200. The first kappa shape index (κ1) is 14.6. The summed E-state index contributed by atoms with van der Waals surface area (Å²) >= 11 is 5.83. The van der Waals surface area contributed by atoms with E-state index in [9.17, 15) is 8.78 Å². The van der Waals surface area contributed by atoms with Gasteiger partial charge in [-0.25, -0.2) is 8.78 Å². The Kier molecular flexibility index (Phi) is 4.79. The van der Waals surface area contributed by atoms with E-state index < -0.39 is 11.6 Å². The minimum atomic E-state index is -0.520. The third-order valence-electron chi connectivity index (χ3n) is 2.80. The molecule has 2 nitrogen and oxygen atoms in total. The molecule has 0 unspecified atom stereocenters. The summed E-state index contributed by atoms with van der Waals surface area (Å²) in [5.74, 6) is 0.142. The van der Waals surface area contributed by atoms with E-state index in [1.165, 1.54) is 7.11 Å². The molecule has 0 atom stereocenters. The molecule has 0 heterocycles. The first-order chi connectivity index (χ1) is 9.65. The van der Waals surface area contributed by atoms with Crippen LogP contribution >= 0.6 is 11.6 Å². The minimum Gasteiger partial charge on any atom is -0.493 e. The van der Waals surface area contributed by atoms with Gasteiger partial charge < -0.3 is 9.47 Å². The van der Waals surface area contributed by atoms with Crippen LogP contribution in [0.5, 0.6) is 11.5 Å². The fourth-order valence-corrected chi connectivity index (χ4v) is 2.01. The molecule has 0 saturated carbocycles. The topological polar surface area (TPSA) is 18.5 Å². The number of halogens is 3. The standard InChI is InChI=1S/C15H13ClF2O2/c1-19-14-4-2-3-10(8-16)15(14)20-9-11-7-12(17)5-6-13(11)18/h2-7H,8-9H2,1H3. The van der Waals surface area contributed by atoms with E-state index in [0.717, 1.165) is 23.8 Å². The zero-order valence-electron chi connectivity index (χ0n) is 10.8. The van der Waals surface area contributed by atoms with Gasteiger partial charge in [0.15, 0.2) is 11.5 Å². The summed E-state index contributed by atoms with van der Waals surface area (Å²) < 4.78 is 37.4. The van der Waals surface area contributed by atoms with Crippen LogP contribution < -0.4 is 9.47 Å². The van der Waals surface area contributed by atoms with Gasteiger partial charge in [0.2, 0.25) is 0 Å². The third kappa shape index (κ3) is 3.20. The highest BCUT2D eigenvalue weighted by atomic mass is 35.5.